The van der Waals surface area contributed by atoms with E-state index < -0.39 is 0 Å². The predicted octanol–water partition coefficient (Wildman–Crippen LogP) is 1.69. The van der Waals surface area contributed by atoms with Crippen molar-refractivity contribution >= 4 is 5.69 Å². The standard InChI is InChI=1S/C8H12N2/c1-3-7-4-5-8(9-2)6-10-7/h4-6,9H,3H2,1-2H3. The van der Waals surface area contributed by atoms with Crippen LogP contribution in [0.4, 0.5) is 5.69 Å². The number of hydrogen-bond acceptors (Lipinski definition) is 2. The second-order valence-corrected chi connectivity index (χ2v) is 2.14. The molecular weight excluding hydrogens is 124 g/mol. The van der Waals surface area contributed by atoms with Gasteiger partial charge in [-0.1, -0.05) is 6.92 Å². The van der Waals surface area contributed by atoms with E-state index in [1.165, 1.54) is 0 Å². The molecule has 0 aliphatic carbocycles. The van der Waals surface area contributed by atoms with E-state index in [1.807, 2.05) is 25.4 Å². The van der Waals surface area contributed by atoms with E-state index in [4.69, 9.17) is 0 Å². The van der Waals surface area contributed by atoms with Gasteiger partial charge in [0.1, 0.15) is 0 Å². The Morgan fingerprint density at radius 1 is 1.50 bits per heavy atom. The Morgan fingerprint density at radius 3 is 2.70 bits per heavy atom. The van der Waals surface area contributed by atoms with Crippen LogP contribution >= 0.6 is 0 Å². The van der Waals surface area contributed by atoms with Crippen LogP contribution in [0.1, 0.15) is 12.6 Å². The van der Waals surface area contributed by atoms with Crippen molar-refractivity contribution < 1.29 is 0 Å². The molecule has 1 N–H and O–H groups in total. The van der Waals surface area contributed by atoms with Gasteiger partial charge >= 0.3 is 0 Å². The van der Waals surface area contributed by atoms with Gasteiger partial charge in [0.25, 0.3) is 0 Å². The molecule has 0 aliphatic rings. The van der Waals surface area contributed by atoms with Crippen molar-refractivity contribution in [1.29, 1.82) is 0 Å². The minimum atomic E-state index is 1.00. The van der Waals surface area contributed by atoms with E-state index in [9.17, 15) is 0 Å². The summed E-state index contributed by atoms with van der Waals surface area (Å²) in [6.45, 7) is 2.10. The van der Waals surface area contributed by atoms with Gasteiger partial charge in [-0.15, -0.1) is 0 Å². The highest BCUT2D eigenvalue weighted by Crippen LogP contribution is 2.04. The zero-order chi connectivity index (χ0) is 7.40. The van der Waals surface area contributed by atoms with Crippen LogP contribution in [0.5, 0.6) is 0 Å². The van der Waals surface area contributed by atoms with E-state index >= 15 is 0 Å². The smallest absolute Gasteiger partial charge is 0.0524 e. The van der Waals surface area contributed by atoms with Crippen LogP contribution in [0.25, 0.3) is 0 Å². The number of aryl methyl sites for hydroxylation is 1. The Balaban J connectivity index is 2.80. The van der Waals surface area contributed by atoms with E-state index in [0.717, 1.165) is 17.8 Å². The Kier molecular flexibility index (Phi) is 2.26. The van der Waals surface area contributed by atoms with E-state index in [2.05, 4.69) is 17.2 Å². The van der Waals surface area contributed by atoms with E-state index in [-0.39, 0.29) is 0 Å². The third-order valence-corrected chi connectivity index (χ3v) is 1.48. The lowest BCUT2D eigenvalue weighted by molar-refractivity contribution is 1.04. The fourth-order valence-electron chi connectivity index (χ4n) is 0.782. The van der Waals surface area contributed by atoms with Crippen LogP contribution in [0.15, 0.2) is 18.3 Å². The monoisotopic (exact) mass is 136 g/mol. The van der Waals surface area contributed by atoms with Crippen molar-refractivity contribution in [2.24, 2.45) is 0 Å². The van der Waals surface area contributed by atoms with Crippen molar-refractivity contribution in [1.82, 2.24) is 4.98 Å². The number of hydrogen-bond donors (Lipinski definition) is 1. The summed E-state index contributed by atoms with van der Waals surface area (Å²) >= 11 is 0. The molecule has 0 amide bonds. The lowest BCUT2D eigenvalue weighted by Gasteiger charge is -1.98. The molecule has 1 aromatic heterocycles. The van der Waals surface area contributed by atoms with Crippen LogP contribution in [0.3, 0.4) is 0 Å². The summed E-state index contributed by atoms with van der Waals surface area (Å²) in [4.78, 5) is 4.21. The molecule has 0 fully saturated rings. The van der Waals surface area contributed by atoms with Gasteiger partial charge in [-0.3, -0.25) is 4.98 Å². The summed E-state index contributed by atoms with van der Waals surface area (Å²) in [6.07, 6.45) is 2.85. The molecule has 0 atom stereocenters. The van der Waals surface area contributed by atoms with Crippen molar-refractivity contribution in [2.75, 3.05) is 12.4 Å². The van der Waals surface area contributed by atoms with Crippen LogP contribution in [0, 0.1) is 0 Å². The molecule has 1 rings (SSSR count). The molecule has 1 heterocycles. The molecular formula is C8H12N2. The first-order chi connectivity index (χ1) is 4.86. The normalized spacial score (nSPS) is 9.40. The molecule has 0 saturated heterocycles. The molecule has 0 spiro atoms. The van der Waals surface area contributed by atoms with Crippen molar-refractivity contribution in [2.45, 2.75) is 13.3 Å². The summed E-state index contributed by atoms with van der Waals surface area (Å²) in [7, 11) is 1.89. The lowest BCUT2D eigenvalue weighted by Crippen LogP contribution is -1.90. The summed E-state index contributed by atoms with van der Waals surface area (Å²) in [5, 5.41) is 3.02. The number of nitrogens with zero attached hydrogens (tertiary/aromatic N) is 1. The average Bonchev–Trinajstić information content (AvgIpc) is 2.05. The summed E-state index contributed by atoms with van der Waals surface area (Å²) in [5.74, 6) is 0. The first-order valence-electron chi connectivity index (χ1n) is 3.49. The third-order valence-electron chi connectivity index (χ3n) is 1.48. The number of nitrogens with one attached hydrogen (secondary N) is 1. The number of anilines is 1. The molecule has 0 bridgehead atoms. The van der Waals surface area contributed by atoms with Gasteiger partial charge in [-0.2, -0.15) is 0 Å². The second kappa shape index (κ2) is 3.20. The molecule has 0 unspecified atom stereocenters. The van der Waals surface area contributed by atoms with Crippen LogP contribution in [-0.4, -0.2) is 12.0 Å². The lowest BCUT2D eigenvalue weighted by atomic mass is 10.3. The minimum absolute atomic E-state index is 1.00. The number of pyridine rings is 1. The van der Waals surface area contributed by atoms with Gasteiger partial charge in [0.05, 0.1) is 11.9 Å². The fourth-order valence-corrected chi connectivity index (χ4v) is 0.782. The van der Waals surface area contributed by atoms with E-state index in [1.54, 1.807) is 0 Å². The van der Waals surface area contributed by atoms with E-state index in [0.29, 0.717) is 0 Å². The van der Waals surface area contributed by atoms with Gasteiger partial charge in [0.15, 0.2) is 0 Å². The Bertz CT molecular complexity index is 168. The Morgan fingerprint density at radius 2 is 2.30 bits per heavy atom. The van der Waals surface area contributed by atoms with Gasteiger partial charge in [0.2, 0.25) is 0 Å². The average molecular weight is 136 g/mol. The highest BCUT2D eigenvalue weighted by molar-refractivity contribution is 5.39. The fraction of sp³-hybridized carbons (Fsp3) is 0.375. The Hall–Kier alpha value is -1.05. The molecule has 0 saturated carbocycles. The zero-order valence-corrected chi connectivity index (χ0v) is 6.39. The summed E-state index contributed by atoms with van der Waals surface area (Å²) < 4.78 is 0. The van der Waals surface area contributed by atoms with Gasteiger partial charge in [0, 0.05) is 12.7 Å². The molecule has 0 aliphatic heterocycles. The molecule has 54 valence electrons. The highest BCUT2D eigenvalue weighted by atomic mass is 14.8. The van der Waals surface area contributed by atoms with Gasteiger partial charge in [-0.05, 0) is 18.6 Å². The number of aromatic nitrogens is 1. The topological polar surface area (TPSA) is 24.9 Å². The highest BCUT2D eigenvalue weighted by Gasteiger charge is 1.89. The summed E-state index contributed by atoms with van der Waals surface area (Å²) in [6, 6.07) is 4.07. The predicted molar refractivity (Wildman–Crippen MR) is 43.2 cm³/mol. The van der Waals surface area contributed by atoms with Crippen molar-refractivity contribution in [3.8, 4) is 0 Å². The van der Waals surface area contributed by atoms with Crippen molar-refractivity contribution in [3.63, 3.8) is 0 Å². The molecule has 0 radical (unpaired) electrons. The van der Waals surface area contributed by atoms with Gasteiger partial charge < -0.3 is 5.32 Å². The van der Waals surface area contributed by atoms with Crippen LogP contribution in [0.2, 0.25) is 0 Å². The molecule has 1 aromatic rings. The molecule has 2 heteroatoms. The second-order valence-electron chi connectivity index (χ2n) is 2.14. The minimum Gasteiger partial charge on any atom is -0.387 e. The third kappa shape index (κ3) is 1.47. The molecule has 0 aromatic carbocycles. The largest absolute Gasteiger partial charge is 0.387 e. The first kappa shape index (κ1) is 7.06. The maximum Gasteiger partial charge on any atom is 0.0524 e. The van der Waals surface area contributed by atoms with Crippen LogP contribution < -0.4 is 5.32 Å². The quantitative estimate of drug-likeness (QED) is 0.669. The summed E-state index contributed by atoms with van der Waals surface area (Å²) in [5.41, 5.74) is 2.20. The Labute approximate surface area is 61.3 Å². The maximum atomic E-state index is 4.21. The SMILES string of the molecule is CCc1ccc(NC)cn1. The molecule has 10 heavy (non-hydrogen) atoms. The first-order valence-corrected chi connectivity index (χ1v) is 3.49. The van der Waals surface area contributed by atoms with Crippen molar-refractivity contribution in [3.05, 3.63) is 24.0 Å². The molecule has 2 nitrogen and oxygen atoms in total. The van der Waals surface area contributed by atoms with Crippen LogP contribution in [-0.2, 0) is 6.42 Å². The zero-order valence-electron chi connectivity index (χ0n) is 6.39. The number of rotatable bonds is 2. The maximum absolute atomic E-state index is 4.21. The van der Waals surface area contributed by atoms with Gasteiger partial charge in [-0.25, -0.2) is 0 Å².